The van der Waals surface area contributed by atoms with Gasteiger partial charge in [0.2, 0.25) is 0 Å². The molecule has 15 heavy (non-hydrogen) atoms. The van der Waals surface area contributed by atoms with E-state index in [-0.39, 0.29) is 6.61 Å². The second-order valence-electron chi connectivity index (χ2n) is 2.78. The lowest BCUT2D eigenvalue weighted by molar-refractivity contribution is -0.149. The molecule has 0 aliphatic carbocycles. The van der Waals surface area contributed by atoms with Gasteiger partial charge in [-0.1, -0.05) is 42.1 Å². The van der Waals surface area contributed by atoms with Crippen LogP contribution in [0.15, 0.2) is 30.3 Å². The average Bonchev–Trinajstić information content (AvgIpc) is 2.27. The molecule has 0 aliphatic rings. The van der Waals surface area contributed by atoms with Gasteiger partial charge in [-0.2, -0.15) is 0 Å². The standard InChI is InChI=1S/C11H12O3S/c1-2-14-10(12)11(13)15-8-9-6-4-3-5-7-9/h3-7H,2,8H2,1H3. The smallest absolute Gasteiger partial charge is 0.385 e. The van der Waals surface area contributed by atoms with Crippen molar-refractivity contribution in [3.05, 3.63) is 35.9 Å². The highest BCUT2D eigenvalue weighted by molar-refractivity contribution is 8.14. The molecule has 0 spiro atoms. The first-order valence-corrected chi connectivity index (χ1v) is 5.60. The molecule has 4 heteroatoms. The molecule has 0 radical (unpaired) electrons. The number of thioether (sulfide) groups is 1. The minimum Gasteiger partial charge on any atom is -0.460 e. The van der Waals surface area contributed by atoms with E-state index in [1.54, 1.807) is 6.92 Å². The lowest BCUT2D eigenvalue weighted by atomic mass is 10.2. The first-order chi connectivity index (χ1) is 7.24. The van der Waals surface area contributed by atoms with Crippen molar-refractivity contribution >= 4 is 22.8 Å². The van der Waals surface area contributed by atoms with E-state index in [2.05, 4.69) is 4.74 Å². The molecule has 80 valence electrons. The predicted octanol–water partition coefficient (Wildman–Crippen LogP) is 2.01. The second-order valence-corrected chi connectivity index (χ2v) is 3.73. The van der Waals surface area contributed by atoms with Crippen molar-refractivity contribution in [2.45, 2.75) is 12.7 Å². The third kappa shape index (κ3) is 4.16. The van der Waals surface area contributed by atoms with Gasteiger partial charge in [0, 0.05) is 5.75 Å². The number of esters is 1. The molecule has 0 heterocycles. The molecule has 0 aromatic heterocycles. The molecule has 0 N–H and O–H groups in total. The zero-order chi connectivity index (χ0) is 11.1. The van der Waals surface area contributed by atoms with E-state index in [4.69, 9.17) is 0 Å². The Balaban J connectivity index is 2.38. The Hall–Kier alpha value is -1.29. The van der Waals surface area contributed by atoms with Crippen LogP contribution in [0.25, 0.3) is 0 Å². The summed E-state index contributed by atoms with van der Waals surface area (Å²) >= 11 is 0.964. The highest BCUT2D eigenvalue weighted by Gasteiger charge is 2.14. The lowest BCUT2D eigenvalue weighted by Gasteiger charge is -2.00. The number of carbonyl (C=O) groups excluding carboxylic acids is 2. The molecule has 1 rings (SSSR count). The number of rotatable bonds is 3. The van der Waals surface area contributed by atoms with E-state index in [1.807, 2.05) is 30.3 Å². The molecule has 0 unspecified atom stereocenters. The number of benzene rings is 1. The summed E-state index contributed by atoms with van der Waals surface area (Å²) in [5, 5.41) is -0.541. The van der Waals surface area contributed by atoms with E-state index in [9.17, 15) is 9.59 Å². The third-order valence-corrected chi connectivity index (χ3v) is 2.56. The van der Waals surface area contributed by atoms with Crippen LogP contribution in [-0.4, -0.2) is 17.7 Å². The van der Waals surface area contributed by atoms with Crippen molar-refractivity contribution in [1.82, 2.24) is 0 Å². The predicted molar refractivity (Wildman–Crippen MR) is 59.4 cm³/mol. The van der Waals surface area contributed by atoms with Gasteiger partial charge in [-0.05, 0) is 12.5 Å². The van der Waals surface area contributed by atoms with E-state index in [0.29, 0.717) is 5.75 Å². The molecule has 0 bridgehead atoms. The summed E-state index contributed by atoms with van der Waals surface area (Å²) < 4.78 is 4.58. The quantitative estimate of drug-likeness (QED) is 0.582. The van der Waals surface area contributed by atoms with E-state index >= 15 is 0 Å². The summed E-state index contributed by atoms with van der Waals surface area (Å²) in [6, 6.07) is 9.51. The number of carbonyl (C=O) groups is 2. The Kier molecular flexibility index (Phi) is 4.90. The number of hydrogen-bond acceptors (Lipinski definition) is 4. The first kappa shape index (κ1) is 11.8. The van der Waals surface area contributed by atoms with Crippen LogP contribution in [0.4, 0.5) is 0 Å². The first-order valence-electron chi connectivity index (χ1n) is 4.62. The van der Waals surface area contributed by atoms with Crippen LogP contribution in [0.2, 0.25) is 0 Å². The average molecular weight is 224 g/mol. The zero-order valence-electron chi connectivity index (χ0n) is 8.43. The molecule has 0 saturated heterocycles. The third-order valence-electron chi connectivity index (χ3n) is 1.65. The van der Waals surface area contributed by atoms with Gasteiger partial charge in [0.25, 0.3) is 5.12 Å². The summed E-state index contributed by atoms with van der Waals surface area (Å²) in [5.74, 6) is -0.267. The van der Waals surface area contributed by atoms with E-state index in [0.717, 1.165) is 17.3 Å². The maximum absolute atomic E-state index is 11.2. The summed E-state index contributed by atoms with van der Waals surface area (Å²) in [6.45, 7) is 1.91. The summed E-state index contributed by atoms with van der Waals surface area (Å²) in [4.78, 5) is 22.2. The minimum atomic E-state index is -0.765. The Morgan fingerprint density at radius 1 is 1.27 bits per heavy atom. The fraction of sp³-hybridized carbons (Fsp3) is 0.273. The highest BCUT2D eigenvalue weighted by Crippen LogP contribution is 2.13. The normalized spacial score (nSPS) is 9.67. The molecule has 1 aromatic carbocycles. The van der Waals surface area contributed by atoms with Gasteiger partial charge in [0.05, 0.1) is 6.61 Å². The topological polar surface area (TPSA) is 43.4 Å². The summed E-state index contributed by atoms with van der Waals surface area (Å²) in [6.07, 6.45) is 0. The van der Waals surface area contributed by atoms with Crippen molar-refractivity contribution in [2.24, 2.45) is 0 Å². The van der Waals surface area contributed by atoms with Gasteiger partial charge in [-0.25, -0.2) is 4.79 Å². The van der Waals surface area contributed by atoms with Crippen LogP contribution in [0.1, 0.15) is 12.5 Å². The Bertz CT molecular complexity index is 335. The Morgan fingerprint density at radius 3 is 2.53 bits per heavy atom. The molecule has 0 fully saturated rings. The largest absolute Gasteiger partial charge is 0.460 e. The van der Waals surface area contributed by atoms with Gasteiger partial charge < -0.3 is 4.74 Å². The molecular formula is C11H12O3S. The van der Waals surface area contributed by atoms with E-state index in [1.165, 1.54) is 0 Å². The molecule has 0 atom stereocenters. The lowest BCUT2D eigenvalue weighted by Crippen LogP contribution is -2.13. The van der Waals surface area contributed by atoms with Crippen LogP contribution in [0, 0.1) is 0 Å². The number of ether oxygens (including phenoxy) is 1. The number of hydrogen-bond donors (Lipinski definition) is 0. The molecule has 1 aromatic rings. The van der Waals surface area contributed by atoms with Gasteiger partial charge in [0.1, 0.15) is 0 Å². The fourth-order valence-electron chi connectivity index (χ4n) is 0.972. The summed E-state index contributed by atoms with van der Waals surface area (Å²) in [7, 11) is 0. The van der Waals surface area contributed by atoms with Crippen molar-refractivity contribution in [1.29, 1.82) is 0 Å². The van der Waals surface area contributed by atoms with Crippen LogP contribution in [-0.2, 0) is 20.1 Å². The van der Waals surface area contributed by atoms with Gasteiger partial charge in [0.15, 0.2) is 0 Å². The maximum atomic E-state index is 11.2. The monoisotopic (exact) mass is 224 g/mol. The van der Waals surface area contributed by atoms with Gasteiger partial charge in [-0.3, -0.25) is 4.79 Å². The fourth-order valence-corrected chi connectivity index (χ4v) is 1.64. The van der Waals surface area contributed by atoms with Crippen LogP contribution < -0.4 is 0 Å². The van der Waals surface area contributed by atoms with Gasteiger partial charge >= 0.3 is 5.97 Å². The molecule has 0 aliphatic heterocycles. The maximum Gasteiger partial charge on any atom is 0.385 e. The summed E-state index contributed by atoms with van der Waals surface area (Å²) in [5.41, 5.74) is 1.01. The van der Waals surface area contributed by atoms with Crippen LogP contribution in [0.3, 0.4) is 0 Å². The van der Waals surface area contributed by atoms with Crippen molar-refractivity contribution < 1.29 is 14.3 Å². The molecular weight excluding hydrogens is 212 g/mol. The van der Waals surface area contributed by atoms with Crippen molar-refractivity contribution in [2.75, 3.05) is 6.61 Å². The minimum absolute atomic E-state index is 0.233. The Labute approximate surface area is 92.8 Å². The van der Waals surface area contributed by atoms with E-state index < -0.39 is 11.1 Å². The van der Waals surface area contributed by atoms with Gasteiger partial charge in [-0.15, -0.1) is 0 Å². The zero-order valence-corrected chi connectivity index (χ0v) is 9.25. The Morgan fingerprint density at radius 2 is 1.93 bits per heavy atom. The second kappa shape index (κ2) is 6.24. The molecule has 0 amide bonds. The molecule has 3 nitrogen and oxygen atoms in total. The van der Waals surface area contributed by atoms with Crippen LogP contribution in [0.5, 0.6) is 0 Å². The highest BCUT2D eigenvalue weighted by atomic mass is 32.2. The molecule has 0 saturated carbocycles. The van der Waals surface area contributed by atoms with Crippen molar-refractivity contribution in [3.8, 4) is 0 Å². The van der Waals surface area contributed by atoms with Crippen molar-refractivity contribution in [3.63, 3.8) is 0 Å². The SMILES string of the molecule is CCOC(=O)C(=O)SCc1ccccc1. The van der Waals surface area contributed by atoms with Crippen LogP contribution >= 0.6 is 11.8 Å².